The Bertz CT molecular complexity index is 1530. The Morgan fingerprint density at radius 3 is 1.33 bits per heavy atom. The van der Waals surface area contributed by atoms with Crippen molar-refractivity contribution < 1.29 is 32.7 Å². The second-order valence-electron chi connectivity index (χ2n) is 13.3. The predicted molar refractivity (Wildman–Crippen MR) is 173 cm³/mol. The molecule has 2 aromatic heterocycles. The van der Waals surface area contributed by atoms with Gasteiger partial charge in [0.15, 0.2) is 0 Å². The summed E-state index contributed by atoms with van der Waals surface area (Å²) in [5, 5.41) is 2.82. The number of rotatable bonds is 10. The van der Waals surface area contributed by atoms with Crippen molar-refractivity contribution in [3.8, 4) is 34.0 Å². The van der Waals surface area contributed by atoms with Gasteiger partial charge < -0.3 is 29.1 Å². The summed E-state index contributed by atoms with van der Waals surface area (Å²) in [5.41, 5.74) is 2.05. The van der Waals surface area contributed by atoms with Crippen molar-refractivity contribution in [2.75, 3.05) is 28.3 Å². The molecule has 2 atom stereocenters. The van der Waals surface area contributed by atoms with Crippen molar-refractivity contribution in [3.63, 3.8) is 0 Å². The first-order chi connectivity index (χ1) is 21.6. The van der Waals surface area contributed by atoms with Crippen molar-refractivity contribution in [3.05, 3.63) is 83.7 Å². The zero-order valence-corrected chi connectivity index (χ0v) is 28.1. The van der Waals surface area contributed by atoms with Gasteiger partial charge in [-0.25, -0.2) is 8.78 Å². The van der Waals surface area contributed by atoms with E-state index in [1.165, 1.54) is 36.5 Å². The van der Waals surface area contributed by atoms with Crippen LogP contribution < -0.4 is 9.47 Å². The fourth-order valence-corrected chi connectivity index (χ4v) is 6.20. The first-order valence-corrected chi connectivity index (χ1v) is 15.0. The highest BCUT2D eigenvalue weighted by molar-refractivity contribution is 5.71. The van der Waals surface area contributed by atoms with E-state index in [1.54, 1.807) is 62.9 Å². The number of carbonyl (C=O) groups excluding carboxylic acids is 1. The number of hydrogen-bond acceptors (Lipinski definition) is 7. The minimum absolute atomic E-state index is 0.356. The SMILES string of the molecule is COc1c(C(N(C)OC(=O)ON(C)C(c2c[nH]c(-c3ccccc3F)c2OC)C(C)(C)C)C(C)(C)C)c[nH]c1-c1ccccc1F. The number of hydroxylamine groups is 4. The maximum Gasteiger partial charge on any atom is 0.547 e. The summed E-state index contributed by atoms with van der Waals surface area (Å²) in [6, 6.07) is 11.8. The van der Waals surface area contributed by atoms with Gasteiger partial charge in [-0.05, 0) is 35.1 Å². The lowest BCUT2D eigenvalue weighted by atomic mass is 9.82. The van der Waals surface area contributed by atoms with Crippen LogP contribution in [-0.2, 0) is 9.68 Å². The van der Waals surface area contributed by atoms with Crippen LogP contribution in [0.15, 0.2) is 60.9 Å². The first kappa shape index (κ1) is 34.5. The number of methoxy groups -OCH3 is 2. The van der Waals surface area contributed by atoms with E-state index in [0.717, 1.165) is 0 Å². The van der Waals surface area contributed by atoms with Gasteiger partial charge in [0.2, 0.25) is 0 Å². The number of halogens is 2. The molecule has 2 heterocycles. The van der Waals surface area contributed by atoms with Crippen LogP contribution in [0.25, 0.3) is 22.5 Å². The van der Waals surface area contributed by atoms with Crippen molar-refractivity contribution in [2.24, 2.45) is 10.8 Å². The smallest absolute Gasteiger partial charge is 0.494 e. The molecule has 0 saturated heterocycles. The van der Waals surface area contributed by atoms with E-state index in [-0.39, 0.29) is 0 Å². The van der Waals surface area contributed by atoms with E-state index in [1.807, 2.05) is 41.5 Å². The molecule has 0 bridgehead atoms. The maximum absolute atomic E-state index is 14.7. The lowest BCUT2D eigenvalue weighted by Gasteiger charge is -2.38. The summed E-state index contributed by atoms with van der Waals surface area (Å²) in [6.07, 6.45) is 2.49. The van der Waals surface area contributed by atoms with Crippen LogP contribution in [0.4, 0.5) is 13.6 Å². The summed E-state index contributed by atoms with van der Waals surface area (Å²) < 4.78 is 40.9. The second-order valence-corrected chi connectivity index (χ2v) is 13.3. The summed E-state index contributed by atoms with van der Waals surface area (Å²) in [5.74, 6) is 0.0744. The quantitative estimate of drug-likeness (QED) is 0.168. The zero-order chi connectivity index (χ0) is 34.0. The molecule has 0 aliphatic rings. The highest BCUT2D eigenvalue weighted by atomic mass is 19.1. The molecular formula is C35H44F2N4O5. The molecule has 4 rings (SSSR count). The van der Waals surface area contributed by atoms with Crippen LogP contribution >= 0.6 is 0 Å². The van der Waals surface area contributed by atoms with Crippen molar-refractivity contribution in [2.45, 2.75) is 53.6 Å². The number of benzene rings is 2. The molecule has 4 aromatic rings. The number of carbonyl (C=O) groups is 1. The topological polar surface area (TPSA) is 92.1 Å². The minimum atomic E-state index is -0.971. The fraction of sp³-hybridized carbons (Fsp3) is 0.400. The van der Waals surface area contributed by atoms with Crippen LogP contribution in [0, 0.1) is 22.5 Å². The Morgan fingerprint density at radius 1 is 0.674 bits per heavy atom. The number of aromatic amines is 2. The zero-order valence-electron chi connectivity index (χ0n) is 28.1. The number of aromatic nitrogens is 2. The molecule has 2 N–H and O–H groups in total. The third kappa shape index (κ3) is 7.05. The summed E-state index contributed by atoms with van der Waals surface area (Å²) in [4.78, 5) is 31.1. The highest BCUT2D eigenvalue weighted by Gasteiger charge is 2.39. The molecule has 248 valence electrons. The Labute approximate surface area is 269 Å². The lowest BCUT2D eigenvalue weighted by molar-refractivity contribution is -0.216. The molecule has 2 aromatic carbocycles. The minimum Gasteiger partial charge on any atom is -0.494 e. The third-order valence-electron chi connectivity index (χ3n) is 7.81. The largest absolute Gasteiger partial charge is 0.547 e. The Hall–Kier alpha value is -4.35. The molecule has 11 heteroatoms. The van der Waals surface area contributed by atoms with Crippen LogP contribution in [0.5, 0.6) is 11.5 Å². The molecule has 0 spiro atoms. The standard InChI is InChI=1S/C35H44F2N4O5/c1-34(2,3)31(23-19-38-27(29(23)43-9)21-15-11-13-17-25(21)36)40(7)45-33(42)46-41(8)32(35(4,5)6)24-20-39-28(30(24)44-10)22-16-12-14-18-26(22)37/h11-20,31-32,38-39H,1-10H3. The number of H-pyrrole nitrogens is 2. The van der Waals surface area contributed by atoms with Gasteiger partial charge in [0.1, 0.15) is 23.1 Å². The average molecular weight is 639 g/mol. The fourth-order valence-electron chi connectivity index (χ4n) is 6.20. The molecule has 9 nitrogen and oxygen atoms in total. The normalized spacial score (nSPS) is 13.5. The molecule has 0 fully saturated rings. The monoisotopic (exact) mass is 638 g/mol. The van der Waals surface area contributed by atoms with Crippen LogP contribution in [0.1, 0.15) is 64.8 Å². The second kappa shape index (κ2) is 13.6. The van der Waals surface area contributed by atoms with Gasteiger partial charge in [0.25, 0.3) is 0 Å². The lowest BCUT2D eigenvalue weighted by Crippen LogP contribution is -2.40. The van der Waals surface area contributed by atoms with Crippen LogP contribution in [0.2, 0.25) is 0 Å². The molecule has 2 unspecified atom stereocenters. The van der Waals surface area contributed by atoms with Gasteiger partial charge in [0, 0.05) is 48.7 Å². The molecule has 46 heavy (non-hydrogen) atoms. The summed E-state index contributed by atoms with van der Waals surface area (Å²) >= 11 is 0. The number of nitrogens with zero attached hydrogens (tertiary/aromatic N) is 2. The Balaban J connectivity index is 1.60. The van der Waals surface area contributed by atoms with Gasteiger partial charge in [-0.2, -0.15) is 4.79 Å². The highest BCUT2D eigenvalue weighted by Crippen LogP contribution is 2.47. The molecule has 0 saturated carbocycles. The maximum atomic E-state index is 14.7. The van der Waals surface area contributed by atoms with E-state index in [2.05, 4.69) is 9.97 Å². The van der Waals surface area contributed by atoms with Gasteiger partial charge in [-0.1, -0.05) is 65.8 Å². The van der Waals surface area contributed by atoms with Gasteiger partial charge in [0.05, 0.1) is 37.7 Å². The van der Waals surface area contributed by atoms with Gasteiger partial charge in [-0.15, -0.1) is 10.1 Å². The Kier molecular flexibility index (Phi) is 10.2. The summed E-state index contributed by atoms with van der Waals surface area (Å²) in [7, 11) is 6.29. The number of nitrogens with one attached hydrogen (secondary N) is 2. The van der Waals surface area contributed by atoms with E-state index in [4.69, 9.17) is 19.1 Å². The average Bonchev–Trinajstić information content (AvgIpc) is 3.55. The number of ether oxygens (including phenoxy) is 2. The molecular weight excluding hydrogens is 594 g/mol. The first-order valence-electron chi connectivity index (χ1n) is 15.0. The van der Waals surface area contributed by atoms with Crippen molar-refractivity contribution in [1.82, 2.24) is 20.1 Å². The molecule has 0 aliphatic heterocycles. The van der Waals surface area contributed by atoms with Crippen LogP contribution in [-0.4, -0.2) is 54.6 Å². The molecule has 0 radical (unpaired) electrons. The van der Waals surface area contributed by atoms with Gasteiger partial charge in [-0.3, -0.25) is 0 Å². The van der Waals surface area contributed by atoms with Crippen molar-refractivity contribution >= 4 is 6.16 Å². The summed E-state index contributed by atoms with van der Waals surface area (Å²) in [6.45, 7) is 11.9. The molecule has 0 aliphatic carbocycles. The van der Waals surface area contributed by atoms with E-state index in [0.29, 0.717) is 45.1 Å². The van der Waals surface area contributed by atoms with Crippen LogP contribution in [0.3, 0.4) is 0 Å². The molecule has 0 amide bonds. The van der Waals surface area contributed by atoms with Crippen molar-refractivity contribution in [1.29, 1.82) is 0 Å². The number of hydrogen-bond donors (Lipinski definition) is 2. The van der Waals surface area contributed by atoms with Gasteiger partial charge >= 0.3 is 6.16 Å². The van der Waals surface area contributed by atoms with E-state index >= 15 is 0 Å². The van der Waals surface area contributed by atoms with E-state index in [9.17, 15) is 13.6 Å². The Morgan fingerprint density at radius 2 is 1.02 bits per heavy atom. The predicted octanol–water partition coefficient (Wildman–Crippen LogP) is 8.69. The van der Waals surface area contributed by atoms with E-state index < -0.39 is 40.7 Å². The third-order valence-corrected chi connectivity index (χ3v) is 7.81.